The summed E-state index contributed by atoms with van der Waals surface area (Å²) in [7, 11) is 0. The molecule has 2 fully saturated rings. The van der Waals surface area contributed by atoms with Crippen LogP contribution in [0.2, 0.25) is 0 Å². The van der Waals surface area contributed by atoms with Gasteiger partial charge < -0.3 is 4.42 Å². The van der Waals surface area contributed by atoms with Gasteiger partial charge in [0.05, 0.1) is 0 Å². The molecule has 0 unspecified atom stereocenters. The second-order valence-electron chi connectivity index (χ2n) is 5.85. The zero-order valence-electron chi connectivity index (χ0n) is 11.6. The first-order valence-corrected chi connectivity index (χ1v) is 8.73. The van der Waals surface area contributed by atoms with E-state index in [1.165, 1.54) is 43.9 Å². The minimum Gasteiger partial charge on any atom is -0.440 e. The van der Waals surface area contributed by atoms with E-state index in [-0.39, 0.29) is 0 Å². The summed E-state index contributed by atoms with van der Waals surface area (Å²) in [5.74, 6) is 4.13. The highest BCUT2D eigenvalue weighted by Crippen LogP contribution is 2.32. The molecule has 2 saturated heterocycles. The number of para-hydroxylation sites is 2. The first-order chi connectivity index (χ1) is 9.90. The Morgan fingerprint density at radius 2 is 2.00 bits per heavy atom. The van der Waals surface area contributed by atoms with E-state index in [4.69, 9.17) is 4.42 Å². The number of benzene rings is 1. The largest absolute Gasteiger partial charge is 0.440 e. The number of hydrogen-bond donors (Lipinski definition) is 0. The molecule has 106 valence electrons. The Bertz CT molecular complexity index is 550. The van der Waals surface area contributed by atoms with E-state index in [0.29, 0.717) is 5.92 Å². The predicted molar refractivity (Wildman–Crippen MR) is 83.3 cm³/mol. The molecule has 1 aromatic carbocycles. The molecule has 0 radical (unpaired) electrons. The maximum absolute atomic E-state index is 5.93. The lowest BCUT2D eigenvalue weighted by Gasteiger charge is -2.34. The van der Waals surface area contributed by atoms with Crippen molar-refractivity contribution in [1.29, 1.82) is 0 Å². The van der Waals surface area contributed by atoms with Gasteiger partial charge >= 0.3 is 0 Å². The van der Waals surface area contributed by atoms with Crippen molar-refractivity contribution in [3.05, 3.63) is 30.2 Å². The summed E-state index contributed by atoms with van der Waals surface area (Å²) < 4.78 is 5.93. The van der Waals surface area contributed by atoms with Crippen LogP contribution in [-0.2, 0) is 0 Å². The molecule has 1 aromatic heterocycles. The Morgan fingerprint density at radius 1 is 1.15 bits per heavy atom. The van der Waals surface area contributed by atoms with Gasteiger partial charge in [-0.15, -0.1) is 0 Å². The van der Waals surface area contributed by atoms with Gasteiger partial charge in [-0.2, -0.15) is 11.8 Å². The number of piperidine rings is 1. The van der Waals surface area contributed by atoms with Gasteiger partial charge in [0.15, 0.2) is 11.5 Å². The summed E-state index contributed by atoms with van der Waals surface area (Å²) in [6.07, 6.45) is 3.75. The third kappa shape index (κ3) is 2.35. The van der Waals surface area contributed by atoms with E-state index in [0.717, 1.165) is 23.0 Å². The molecule has 0 amide bonds. The Kier molecular flexibility index (Phi) is 3.44. The van der Waals surface area contributed by atoms with Gasteiger partial charge in [0.2, 0.25) is 0 Å². The fourth-order valence-electron chi connectivity index (χ4n) is 3.39. The molecule has 0 spiro atoms. The van der Waals surface area contributed by atoms with E-state index >= 15 is 0 Å². The fourth-order valence-corrected chi connectivity index (χ4v) is 4.64. The molecule has 3 nitrogen and oxygen atoms in total. The number of likely N-dealkylation sites (tertiary alicyclic amines) is 1. The van der Waals surface area contributed by atoms with Crippen molar-refractivity contribution < 1.29 is 4.42 Å². The van der Waals surface area contributed by atoms with Gasteiger partial charge in [-0.05, 0) is 50.2 Å². The zero-order valence-corrected chi connectivity index (χ0v) is 12.4. The fraction of sp³-hybridized carbons (Fsp3) is 0.562. The van der Waals surface area contributed by atoms with Gasteiger partial charge in [-0.1, -0.05) is 12.1 Å². The van der Waals surface area contributed by atoms with Gasteiger partial charge in [0, 0.05) is 17.7 Å². The van der Waals surface area contributed by atoms with E-state index in [1.807, 2.05) is 24.3 Å². The number of nitrogens with zero attached hydrogens (tertiary/aromatic N) is 2. The van der Waals surface area contributed by atoms with Crippen molar-refractivity contribution in [2.45, 2.75) is 31.2 Å². The predicted octanol–water partition coefficient (Wildman–Crippen LogP) is 3.51. The van der Waals surface area contributed by atoms with E-state index in [9.17, 15) is 0 Å². The Balaban J connectivity index is 1.45. The summed E-state index contributed by atoms with van der Waals surface area (Å²) >= 11 is 2.10. The standard InChI is InChI=1S/C16H20N2OS/c1-2-4-15-14(3-1)17-16(19-15)12-5-8-18(9-6-12)13-7-10-20-11-13/h1-4,12-13H,5-11H2/t13-/m0/s1. The van der Waals surface area contributed by atoms with Crippen molar-refractivity contribution >= 4 is 22.9 Å². The molecule has 1 atom stereocenters. The van der Waals surface area contributed by atoms with E-state index < -0.39 is 0 Å². The van der Waals surface area contributed by atoms with Crippen LogP contribution in [0.5, 0.6) is 0 Å². The molecule has 0 aliphatic carbocycles. The van der Waals surface area contributed by atoms with Crippen LogP contribution in [0.3, 0.4) is 0 Å². The number of thioether (sulfide) groups is 1. The minimum atomic E-state index is 0.507. The summed E-state index contributed by atoms with van der Waals surface area (Å²) in [5.41, 5.74) is 1.93. The smallest absolute Gasteiger partial charge is 0.198 e. The molecule has 0 N–H and O–H groups in total. The summed E-state index contributed by atoms with van der Waals surface area (Å²) in [4.78, 5) is 7.35. The van der Waals surface area contributed by atoms with Gasteiger partial charge in [-0.25, -0.2) is 4.98 Å². The van der Waals surface area contributed by atoms with Crippen LogP contribution < -0.4 is 0 Å². The second-order valence-corrected chi connectivity index (χ2v) is 7.00. The maximum atomic E-state index is 5.93. The molecule has 0 saturated carbocycles. The lowest BCUT2D eigenvalue weighted by molar-refractivity contribution is 0.157. The molecular weight excluding hydrogens is 268 g/mol. The molecule has 4 rings (SSSR count). The molecular formula is C16H20N2OS. The average Bonchev–Trinajstić information content (AvgIpc) is 3.17. The monoisotopic (exact) mass is 288 g/mol. The topological polar surface area (TPSA) is 29.3 Å². The van der Waals surface area contributed by atoms with Crippen molar-refractivity contribution in [2.75, 3.05) is 24.6 Å². The molecule has 0 bridgehead atoms. The van der Waals surface area contributed by atoms with Crippen LogP contribution in [0.4, 0.5) is 0 Å². The maximum Gasteiger partial charge on any atom is 0.198 e. The lowest BCUT2D eigenvalue weighted by atomic mass is 9.95. The zero-order chi connectivity index (χ0) is 13.4. The lowest BCUT2D eigenvalue weighted by Crippen LogP contribution is -2.41. The molecule has 3 heterocycles. The van der Waals surface area contributed by atoms with Crippen LogP contribution in [0.25, 0.3) is 11.1 Å². The average molecular weight is 288 g/mol. The Morgan fingerprint density at radius 3 is 2.75 bits per heavy atom. The Hall–Kier alpha value is -1.00. The summed E-state index contributed by atoms with van der Waals surface area (Å²) in [5, 5.41) is 0. The van der Waals surface area contributed by atoms with Crippen LogP contribution in [0, 0.1) is 0 Å². The Labute approximate surface area is 123 Å². The van der Waals surface area contributed by atoms with Crippen LogP contribution >= 0.6 is 11.8 Å². The first kappa shape index (κ1) is 12.7. The number of rotatable bonds is 2. The number of fused-ring (bicyclic) bond motifs is 1. The van der Waals surface area contributed by atoms with E-state index in [1.54, 1.807) is 0 Å². The molecule has 2 aliphatic heterocycles. The molecule has 20 heavy (non-hydrogen) atoms. The summed E-state index contributed by atoms with van der Waals surface area (Å²) in [6.45, 7) is 2.41. The van der Waals surface area contributed by atoms with Crippen molar-refractivity contribution in [3.63, 3.8) is 0 Å². The molecule has 2 aromatic rings. The molecule has 4 heteroatoms. The number of aromatic nitrogens is 1. The third-order valence-corrected chi connectivity index (χ3v) is 5.76. The summed E-state index contributed by atoms with van der Waals surface area (Å²) in [6, 6.07) is 8.90. The second kappa shape index (κ2) is 5.41. The quantitative estimate of drug-likeness (QED) is 0.845. The normalized spacial score (nSPS) is 25.5. The van der Waals surface area contributed by atoms with E-state index in [2.05, 4.69) is 21.6 Å². The minimum absolute atomic E-state index is 0.507. The van der Waals surface area contributed by atoms with Crippen molar-refractivity contribution in [1.82, 2.24) is 9.88 Å². The highest BCUT2D eigenvalue weighted by molar-refractivity contribution is 7.99. The van der Waals surface area contributed by atoms with Gasteiger partial charge in [0.1, 0.15) is 5.52 Å². The molecule has 2 aliphatic rings. The highest BCUT2D eigenvalue weighted by Gasteiger charge is 2.29. The van der Waals surface area contributed by atoms with Crippen LogP contribution in [-0.4, -0.2) is 40.5 Å². The third-order valence-electron chi connectivity index (χ3n) is 4.61. The van der Waals surface area contributed by atoms with Crippen LogP contribution in [0.1, 0.15) is 31.1 Å². The van der Waals surface area contributed by atoms with Gasteiger partial charge in [-0.3, -0.25) is 4.90 Å². The van der Waals surface area contributed by atoms with Crippen molar-refractivity contribution in [3.8, 4) is 0 Å². The highest BCUT2D eigenvalue weighted by atomic mass is 32.2. The van der Waals surface area contributed by atoms with Gasteiger partial charge in [0.25, 0.3) is 0 Å². The number of hydrogen-bond acceptors (Lipinski definition) is 4. The SMILES string of the molecule is c1ccc2oc(C3CCN([C@H]4CCSC4)CC3)nc2c1. The first-order valence-electron chi connectivity index (χ1n) is 7.57. The van der Waals surface area contributed by atoms with Crippen molar-refractivity contribution in [2.24, 2.45) is 0 Å². The number of oxazole rings is 1. The van der Waals surface area contributed by atoms with Crippen LogP contribution in [0.15, 0.2) is 28.7 Å².